The smallest absolute Gasteiger partial charge is 0.137 e. The highest BCUT2D eigenvalue weighted by Crippen LogP contribution is 2.45. The van der Waals surface area contributed by atoms with Crippen LogP contribution in [0.25, 0.3) is 121 Å². The molecule has 5 heteroatoms. The van der Waals surface area contributed by atoms with Crippen molar-refractivity contribution < 1.29 is 0 Å². The highest BCUT2D eigenvalue weighted by atomic mass is 15.1. The Bertz CT molecular complexity index is 3890. The molecule has 62 heavy (non-hydrogen) atoms. The van der Waals surface area contributed by atoms with Crippen LogP contribution in [0.2, 0.25) is 0 Å². The van der Waals surface area contributed by atoms with Gasteiger partial charge in [-0.3, -0.25) is 4.57 Å². The lowest BCUT2D eigenvalue weighted by atomic mass is 9.96. The van der Waals surface area contributed by atoms with Gasteiger partial charge in [0.05, 0.1) is 44.5 Å². The number of hydrogen-bond donors (Lipinski definition) is 0. The van der Waals surface area contributed by atoms with Crippen LogP contribution in [0, 0.1) is 0 Å². The molecule has 0 aliphatic heterocycles. The van der Waals surface area contributed by atoms with E-state index in [4.69, 9.17) is 15.0 Å². The van der Waals surface area contributed by atoms with Crippen LogP contribution in [0.4, 0.5) is 0 Å². The molecule has 13 rings (SSSR count). The second-order valence-electron chi connectivity index (χ2n) is 16.0. The van der Waals surface area contributed by atoms with Crippen LogP contribution in [0.3, 0.4) is 0 Å². The lowest BCUT2D eigenvalue weighted by Gasteiger charge is -2.13. The molecule has 288 valence electrons. The van der Waals surface area contributed by atoms with Gasteiger partial charge in [-0.05, 0) is 64.7 Å². The Balaban J connectivity index is 1.04. The standard InChI is InChI=1S/C57H35N5/c1-4-17-36(18-5-1)54-55(37-19-6-2-7-20-37)60-56-40(28-16-29-48(56)59-54)38-31-32-52(58-35-38)62-49-30-15-14-25-43(49)46-33-47-51(34-50(46)62)61(39-21-8-3-9-22-39)57-45-27-13-11-24-42(45)41-23-10-12-26-44(41)53(47)57/h1-35H. The summed E-state index contributed by atoms with van der Waals surface area (Å²) in [5.74, 6) is 0.847. The third kappa shape index (κ3) is 5.12. The number of hydrogen-bond acceptors (Lipinski definition) is 3. The molecule has 0 atom stereocenters. The van der Waals surface area contributed by atoms with Crippen molar-refractivity contribution in [2.75, 3.05) is 0 Å². The number of nitrogens with zero attached hydrogens (tertiary/aromatic N) is 5. The van der Waals surface area contributed by atoms with Crippen molar-refractivity contribution in [2.45, 2.75) is 0 Å². The first-order valence-corrected chi connectivity index (χ1v) is 21.0. The lowest BCUT2D eigenvalue weighted by Crippen LogP contribution is -1.99. The molecule has 0 saturated heterocycles. The molecule has 0 bridgehead atoms. The van der Waals surface area contributed by atoms with Gasteiger partial charge >= 0.3 is 0 Å². The molecular weight excluding hydrogens is 755 g/mol. The fourth-order valence-corrected chi connectivity index (χ4v) is 9.81. The first-order valence-electron chi connectivity index (χ1n) is 21.0. The van der Waals surface area contributed by atoms with Crippen molar-refractivity contribution in [3.05, 3.63) is 212 Å². The van der Waals surface area contributed by atoms with E-state index in [1.807, 2.05) is 36.5 Å². The summed E-state index contributed by atoms with van der Waals surface area (Å²) >= 11 is 0. The fraction of sp³-hybridized carbons (Fsp3) is 0. The van der Waals surface area contributed by atoms with Gasteiger partial charge in [-0.1, -0.05) is 158 Å². The van der Waals surface area contributed by atoms with Gasteiger partial charge < -0.3 is 4.57 Å². The quantitative estimate of drug-likeness (QED) is 0.163. The minimum absolute atomic E-state index is 0.839. The van der Waals surface area contributed by atoms with E-state index >= 15 is 0 Å². The van der Waals surface area contributed by atoms with Crippen molar-refractivity contribution in [1.29, 1.82) is 0 Å². The normalized spacial score (nSPS) is 11.9. The summed E-state index contributed by atoms with van der Waals surface area (Å²) in [7, 11) is 0. The average molecular weight is 790 g/mol. The van der Waals surface area contributed by atoms with Crippen LogP contribution in [0.1, 0.15) is 0 Å². The summed E-state index contributed by atoms with van der Waals surface area (Å²) < 4.78 is 4.78. The van der Waals surface area contributed by atoms with E-state index in [0.29, 0.717) is 0 Å². The maximum atomic E-state index is 5.37. The number of benzene rings is 9. The summed E-state index contributed by atoms with van der Waals surface area (Å²) in [4.78, 5) is 15.9. The van der Waals surface area contributed by atoms with Crippen molar-refractivity contribution in [3.8, 4) is 45.1 Å². The monoisotopic (exact) mass is 789 g/mol. The molecule has 4 aromatic heterocycles. The Morgan fingerprint density at radius 3 is 1.66 bits per heavy atom. The van der Waals surface area contributed by atoms with Gasteiger partial charge in [0.2, 0.25) is 0 Å². The van der Waals surface area contributed by atoms with Gasteiger partial charge in [0.25, 0.3) is 0 Å². The molecule has 0 amide bonds. The van der Waals surface area contributed by atoms with Crippen LogP contribution < -0.4 is 0 Å². The van der Waals surface area contributed by atoms with Crippen molar-refractivity contribution >= 4 is 76.2 Å². The average Bonchev–Trinajstić information content (AvgIpc) is 3.86. The Labute approximate surface area is 356 Å². The summed E-state index contributed by atoms with van der Waals surface area (Å²) in [6, 6.07) is 73.2. The molecule has 9 aromatic carbocycles. The maximum Gasteiger partial charge on any atom is 0.137 e. The van der Waals surface area contributed by atoms with Gasteiger partial charge in [0.1, 0.15) is 5.82 Å². The number of aromatic nitrogens is 5. The summed E-state index contributed by atoms with van der Waals surface area (Å²) in [5, 5.41) is 9.89. The molecule has 0 fully saturated rings. The topological polar surface area (TPSA) is 48.5 Å². The first-order chi connectivity index (χ1) is 30.8. The van der Waals surface area contributed by atoms with Crippen molar-refractivity contribution in [1.82, 2.24) is 24.1 Å². The zero-order valence-electron chi connectivity index (χ0n) is 33.4. The van der Waals surface area contributed by atoms with Crippen molar-refractivity contribution in [2.24, 2.45) is 0 Å². The largest absolute Gasteiger partial charge is 0.309 e. The zero-order chi connectivity index (χ0) is 40.7. The van der Waals surface area contributed by atoms with Gasteiger partial charge in [0, 0.05) is 61.1 Å². The number of rotatable bonds is 5. The van der Waals surface area contributed by atoms with Crippen LogP contribution in [-0.4, -0.2) is 24.1 Å². The van der Waals surface area contributed by atoms with E-state index in [1.165, 1.54) is 48.6 Å². The van der Waals surface area contributed by atoms with E-state index in [2.05, 4.69) is 185 Å². The molecule has 0 unspecified atom stereocenters. The lowest BCUT2D eigenvalue weighted by molar-refractivity contribution is 1.08. The fourth-order valence-electron chi connectivity index (χ4n) is 9.81. The highest BCUT2D eigenvalue weighted by molar-refractivity contribution is 6.33. The van der Waals surface area contributed by atoms with E-state index in [1.54, 1.807) is 0 Å². The van der Waals surface area contributed by atoms with Gasteiger partial charge in [-0.25, -0.2) is 15.0 Å². The molecular formula is C57H35N5. The molecule has 0 N–H and O–H groups in total. The predicted molar refractivity (Wildman–Crippen MR) is 257 cm³/mol. The molecule has 0 aliphatic rings. The molecule has 0 saturated carbocycles. The zero-order valence-corrected chi connectivity index (χ0v) is 33.4. The van der Waals surface area contributed by atoms with Crippen LogP contribution in [0.15, 0.2) is 212 Å². The summed E-state index contributed by atoms with van der Waals surface area (Å²) in [6.45, 7) is 0. The molecule has 13 aromatic rings. The van der Waals surface area contributed by atoms with E-state index in [9.17, 15) is 0 Å². The maximum absolute atomic E-state index is 5.37. The molecule has 5 nitrogen and oxygen atoms in total. The Morgan fingerprint density at radius 2 is 0.952 bits per heavy atom. The van der Waals surface area contributed by atoms with Gasteiger partial charge in [0.15, 0.2) is 0 Å². The van der Waals surface area contributed by atoms with Crippen molar-refractivity contribution in [3.63, 3.8) is 0 Å². The number of para-hydroxylation sites is 3. The van der Waals surface area contributed by atoms with E-state index < -0.39 is 0 Å². The second kappa shape index (κ2) is 13.6. The third-order valence-corrected chi connectivity index (χ3v) is 12.5. The Hall–Kier alpha value is -8.41. The van der Waals surface area contributed by atoms with E-state index in [0.717, 1.165) is 72.7 Å². The minimum atomic E-state index is 0.839. The molecule has 0 spiro atoms. The summed E-state index contributed by atoms with van der Waals surface area (Å²) in [5.41, 5.74) is 13.1. The van der Waals surface area contributed by atoms with Crippen LogP contribution in [0.5, 0.6) is 0 Å². The molecule has 0 aliphatic carbocycles. The Kier molecular flexibility index (Phi) is 7.54. The van der Waals surface area contributed by atoms with Gasteiger partial charge in [-0.2, -0.15) is 0 Å². The van der Waals surface area contributed by atoms with Crippen LogP contribution in [-0.2, 0) is 0 Å². The predicted octanol–water partition coefficient (Wildman–Crippen LogP) is 14.5. The minimum Gasteiger partial charge on any atom is -0.309 e. The van der Waals surface area contributed by atoms with E-state index in [-0.39, 0.29) is 0 Å². The SMILES string of the molecule is c1ccc(-c2nc3cccc(-c4ccc(-n5c6ccccc6c6cc7c8c9ccccc9c9ccccc9c8n(-c8ccccc8)c7cc65)nc4)c3nc2-c2ccccc2)cc1. The third-order valence-electron chi connectivity index (χ3n) is 12.5. The molecule has 4 heterocycles. The Morgan fingerprint density at radius 1 is 0.355 bits per heavy atom. The second-order valence-corrected chi connectivity index (χ2v) is 16.0. The summed E-state index contributed by atoms with van der Waals surface area (Å²) in [6.07, 6.45) is 1.98. The first kappa shape index (κ1) is 34.5. The van der Waals surface area contributed by atoms with Gasteiger partial charge in [-0.15, -0.1) is 0 Å². The number of pyridine rings is 1. The van der Waals surface area contributed by atoms with Crippen LogP contribution >= 0.6 is 0 Å². The molecule has 0 radical (unpaired) electrons. The highest BCUT2D eigenvalue weighted by Gasteiger charge is 2.23. The number of fused-ring (bicyclic) bond motifs is 12.